The number of rotatable bonds is 20. The number of esters is 2. The highest BCUT2D eigenvalue weighted by molar-refractivity contribution is 5.71. The highest BCUT2D eigenvalue weighted by Crippen LogP contribution is 2.13. The van der Waals surface area contributed by atoms with Gasteiger partial charge < -0.3 is 9.47 Å². The molecule has 0 unspecified atom stereocenters. The van der Waals surface area contributed by atoms with Crippen LogP contribution in [0.3, 0.4) is 0 Å². The summed E-state index contributed by atoms with van der Waals surface area (Å²) in [6.45, 7) is 4.54. The minimum atomic E-state index is -0.308. The van der Waals surface area contributed by atoms with Crippen molar-refractivity contribution in [2.24, 2.45) is 0 Å². The van der Waals surface area contributed by atoms with Gasteiger partial charge in [0.05, 0.1) is 13.0 Å². The predicted octanol–water partition coefficient (Wildman–Crippen LogP) is 6.74. The topological polar surface area (TPSA) is 52.6 Å². The average Bonchev–Trinajstić information content (AvgIpc) is 2.65. The van der Waals surface area contributed by atoms with Crippen LogP contribution < -0.4 is 0 Å². The van der Waals surface area contributed by atoms with Crippen LogP contribution in [0.2, 0.25) is 0 Å². The number of ether oxygens (including phenoxy) is 2. The van der Waals surface area contributed by atoms with Crippen molar-refractivity contribution in [2.75, 3.05) is 13.2 Å². The fourth-order valence-electron chi connectivity index (χ4n) is 3.19. The number of hydrogen-bond donors (Lipinski definition) is 0. The Balaban J connectivity index is 3.18. The van der Waals surface area contributed by atoms with Crippen LogP contribution in [0, 0.1) is 0 Å². The van der Waals surface area contributed by atoms with E-state index in [0.717, 1.165) is 12.8 Å². The van der Waals surface area contributed by atoms with Crippen LogP contribution in [-0.2, 0) is 19.1 Å². The molecule has 4 nitrogen and oxygen atoms in total. The first-order valence-corrected chi connectivity index (χ1v) is 11.5. The molecule has 0 heterocycles. The standard InChI is InChI=1S/C23H44O4/c1-3-5-6-7-8-9-10-11-12-13-14-15-16-17-18-19-22(24)27-21-20-23(25)26-4-2/h3-21H2,1-2H3. The van der Waals surface area contributed by atoms with E-state index in [-0.39, 0.29) is 25.0 Å². The Bertz CT molecular complexity index is 341. The van der Waals surface area contributed by atoms with Crippen molar-refractivity contribution in [3.63, 3.8) is 0 Å². The maximum atomic E-state index is 11.5. The lowest BCUT2D eigenvalue weighted by Crippen LogP contribution is -2.11. The van der Waals surface area contributed by atoms with Crippen molar-refractivity contribution in [1.82, 2.24) is 0 Å². The summed E-state index contributed by atoms with van der Waals surface area (Å²) in [7, 11) is 0. The van der Waals surface area contributed by atoms with E-state index in [0.29, 0.717) is 13.0 Å². The number of hydrogen-bond acceptors (Lipinski definition) is 4. The Labute approximate surface area is 167 Å². The molecule has 0 atom stereocenters. The largest absolute Gasteiger partial charge is 0.466 e. The minimum Gasteiger partial charge on any atom is -0.466 e. The van der Waals surface area contributed by atoms with Crippen LogP contribution in [0.15, 0.2) is 0 Å². The molecule has 0 N–H and O–H groups in total. The van der Waals surface area contributed by atoms with Gasteiger partial charge in [-0.05, 0) is 13.3 Å². The SMILES string of the molecule is CCCCCCCCCCCCCCCCCC(=O)OCCC(=O)OCC. The molecular weight excluding hydrogens is 340 g/mol. The van der Waals surface area contributed by atoms with Gasteiger partial charge in [-0.15, -0.1) is 0 Å². The summed E-state index contributed by atoms with van der Waals surface area (Å²) < 4.78 is 9.82. The Morgan fingerprint density at radius 3 is 1.37 bits per heavy atom. The van der Waals surface area contributed by atoms with E-state index in [9.17, 15) is 9.59 Å². The molecule has 0 amide bonds. The maximum absolute atomic E-state index is 11.5. The van der Waals surface area contributed by atoms with E-state index in [1.54, 1.807) is 6.92 Å². The van der Waals surface area contributed by atoms with Gasteiger partial charge in [0.15, 0.2) is 0 Å². The number of carbonyl (C=O) groups excluding carboxylic acids is 2. The molecule has 0 aromatic carbocycles. The van der Waals surface area contributed by atoms with Gasteiger partial charge in [0.2, 0.25) is 0 Å². The lowest BCUT2D eigenvalue weighted by Gasteiger charge is -2.05. The molecule has 0 aliphatic carbocycles. The zero-order valence-electron chi connectivity index (χ0n) is 18.1. The number of unbranched alkanes of at least 4 members (excludes halogenated alkanes) is 14. The first-order valence-electron chi connectivity index (χ1n) is 11.5. The molecular formula is C23H44O4. The monoisotopic (exact) mass is 384 g/mol. The quantitative estimate of drug-likeness (QED) is 0.172. The smallest absolute Gasteiger partial charge is 0.309 e. The third-order valence-electron chi connectivity index (χ3n) is 4.86. The van der Waals surface area contributed by atoms with E-state index < -0.39 is 0 Å². The van der Waals surface area contributed by atoms with Crippen LogP contribution in [0.1, 0.15) is 123 Å². The van der Waals surface area contributed by atoms with Crippen molar-refractivity contribution in [3.8, 4) is 0 Å². The molecule has 0 spiro atoms. The molecule has 0 aromatic rings. The van der Waals surface area contributed by atoms with Crippen LogP contribution in [0.5, 0.6) is 0 Å². The predicted molar refractivity (Wildman–Crippen MR) is 112 cm³/mol. The van der Waals surface area contributed by atoms with Crippen molar-refractivity contribution < 1.29 is 19.1 Å². The molecule has 0 aliphatic heterocycles. The second-order valence-electron chi connectivity index (χ2n) is 7.48. The summed E-state index contributed by atoms with van der Waals surface area (Å²) in [5, 5.41) is 0. The van der Waals surface area contributed by atoms with Gasteiger partial charge in [0.1, 0.15) is 6.61 Å². The third-order valence-corrected chi connectivity index (χ3v) is 4.86. The fourth-order valence-corrected chi connectivity index (χ4v) is 3.19. The summed E-state index contributed by atoms with van der Waals surface area (Å²) >= 11 is 0. The van der Waals surface area contributed by atoms with E-state index in [1.165, 1.54) is 83.5 Å². The molecule has 0 saturated carbocycles. The summed E-state index contributed by atoms with van der Waals surface area (Å²) in [6, 6.07) is 0. The molecule has 4 heteroatoms. The molecule has 0 rings (SSSR count). The second-order valence-corrected chi connectivity index (χ2v) is 7.48. The maximum Gasteiger partial charge on any atom is 0.309 e. The first-order chi connectivity index (χ1) is 13.2. The second kappa shape index (κ2) is 21.2. The van der Waals surface area contributed by atoms with Crippen LogP contribution in [0.4, 0.5) is 0 Å². The molecule has 0 fully saturated rings. The average molecular weight is 385 g/mol. The van der Waals surface area contributed by atoms with E-state index in [1.807, 2.05) is 0 Å². The van der Waals surface area contributed by atoms with Crippen molar-refractivity contribution in [3.05, 3.63) is 0 Å². The highest BCUT2D eigenvalue weighted by atomic mass is 16.5. The van der Waals surface area contributed by atoms with Gasteiger partial charge in [-0.3, -0.25) is 9.59 Å². The van der Waals surface area contributed by atoms with Crippen LogP contribution >= 0.6 is 0 Å². The highest BCUT2D eigenvalue weighted by Gasteiger charge is 2.06. The normalized spacial score (nSPS) is 10.7. The van der Waals surface area contributed by atoms with Crippen LogP contribution in [-0.4, -0.2) is 25.2 Å². The summed E-state index contributed by atoms with van der Waals surface area (Å²) in [5.74, 6) is -0.508. The van der Waals surface area contributed by atoms with Gasteiger partial charge in [-0.1, -0.05) is 96.8 Å². The molecule has 0 aromatic heterocycles. The Morgan fingerprint density at radius 2 is 0.926 bits per heavy atom. The Hall–Kier alpha value is -1.06. The molecule has 0 aliphatic rings. The molecule has 27 heavy (non-hydrogen) atoms. The summed E-state index contributed by atoms with van der Waals surface area (Å²) in [6.07, 6.45) is 20.3. The summed E-state index contributed by atoms with van der Waals surface area (Å²) in [4.78, 5) is 22.7. The first kappa shape index (κ1) is 25.9. The lowest BCUT2D eigenvalue weighted by molar-refractivity contribution is -0.149. The zero-order valence-corrected chi connectivity index (χ0v) is 18.1. The minimum absolute atomic E-state index is 0.135. The van der Waals surface area contributed by atoms with E-state index in [2.05, 4.69) is 6.92 Å². The van der Waals surface area contributed by atoms with Gasteiger partial charge >= 0.3 is 11.9 Å². The number of carbonyl (C=O) groups is 2. The Morgan fingerprint density at radius 1 is 0.519 bits per heavy atom. The molecule has 0 bridgehead atoms. The van der Waals surface area contributed by atoms with Crippen LogP contribution in [0.25, 0.3) is 0 Å². The zero-order chi connectivity index (χ0) is 20.0. The van der Waals surface area contributed by atoms with Gasteiger partial charge in [0, 0.05) is 6.42 Å². The van der Waals surface area contributed by atoms with Crippen molar-refractivity contribution >= 4 is 11.9 Å². The fraction of sp³-hybridized carbons (Fsp3) is 0.913. The molecule has 0 radical (unpaired) electrons. The van der Waals surface area contributed by atoms with Gasteiger partial charge in [-0.2, -0.15) is 0 Å². The van der Waals surface area contributed by atoms with Crippen molar-refractivity contribution in [2.45, 2.75) is 123 Å². The van der Waals surface area contributed by atoms with Gasteiger partial charge in [0.25, 0.3) is 0 Å². The van der Waals surface area contributed by atoms with Gasteiger partial charge in [-0.25, -0.2) is 0 Å². The van der Waals surface area contributed by atoms with Crippen molar-refractivity contribution in [1.29, 1.82) is 0 Å². The Kier molecular flexibility index (Phi) is 20.4. The molecule has 0 saturated heterocycles. The third kappa shape index (κ3) is 21.1. The lowest BCUT2D eigenvalue weighted by atomic mass is 10.0. The molecule has 160 valence electrons. The summed E-state index contributed by atoms with van der Waals surface area (Å²) in [5.41, 5.74) is 0. The van der Waals surface area contributed by atoms with E-state index in [4.69, 9.17) is 9.47 Å². The van der Waals surface area contributed by atoms with E-state index >= 15 is 0 Å².